The van der Waals surface area contributed by atoms with Gasteiger partial charge in [-0.05, 0) is 18.4 Å². The van der Waals surface area contributed by atoms with E-state index in [1.54, 1.807) is 0 Å². The summed E-state index contributed by atoms with van der Waals surface area (Å²) in [7, 11) is 0. The number of piperidine rings is 1. The van der Waals surface area contributed by atoms with Gasteiger partial charge >= 0.3 is 0 Å². The number of nitrogens with zero attached hydrogens (tertiary/aromatic N) is 3. The van der Waals surface area contributed by atoms with Gasteiger partial charge in [0.2, 0.25) is 11.8 Å². The lowest BCUT2D eigenvalue weighted by Crippen LogP contribution is -2.46. The van der Waals surface area contributed by atoms with Crippen molar-refractivity contribution >= 4 is 11.8 Å². The van der Waals surface area contributed by atoms with Crippen molar-refractivity contribution < 1.29 is 9.59 Å². The van der Waals surface area contributed by atoms with E-state index >= 15 is 0 Å². The first-order chi connectivity index (χ1) is 16.0. The quantitative estimate of drug-likeness (QED) is 0.596. The van der Waals surface area contributed by atoms with E-state index in [-0.39, 0.29) is 23.7 Å². The molecule has 1 unspecified atom stereocenters. The van der Waals surface area contributed by atoms with Gasteiger partial charge in [-0.2, -0.15) is 5.10 Å². The second-order valence-electron chi connectivity index (χ2n) is 9.05. The van der Waals surface area contributed by atoms with E-state index in [2.05, 4.69) is 17.4 Å². The number of amides is 2. The molecule has 2 heterocycles. The average Bonchev–Trinajstić information content (AvgIpc) is 3.25. The first kappa shape index (κ1) is 22.8. The molecule has 33 heavy (non-hydrogen) atoms. The number of benzene rings is 2. The summed E-state index contributed by atoms with van der Waals surface area (Å²) < 4.78 is 1.93. The van der Waals surface area contributed by atoms with Crippen LogP contribution in [0.3, 0.4) is 0 Å². The summed E-state index contributed by atoms with van der Waals surface area (Å²) >= 11 is 0. The molecule has 4 rings (SSSR count). The second-order valence-corrected chi connectivity index (χ2v) is 9.05. The van der Waals surface area contributed by atoms with Gasteiger partial charge in [0.05, 0.1) is 18.2 Å². The zero-order chi connectivity index (χ0) is 23.2. The molecule has 1 fully saturated rings. The van der Waals surface area contributed by atoms with E-state index in [1.165, 1.54) is 5.56 Å². The maximum atomic E-state index is 13.0. The van der Waals surface area contributed by atoms with E-state index in [4.69, 9.17) is 5.10 Å². The molecule has 1 saturated heterocycles. The van der Waals surface area contributed by atoms with Crippen LogP contribution in [0, 0.1) is 11.8 Å². The molecule has 1 atom stereocenters. The molecule has 6 nitrogen and oxygen atoms in total. The predicted molar refractivity (Wildman–Crippen MR) is 129 cm³/mol. The van der Waals surface area contributed by atoms with Crippen molar-refractivity contribution in [1.82, 2.24) is 20.0 Å². The number of carbonyl (C=O) groups excluding carboxylic acids is 2. The molecule has 0 bridgehead atoms. The van der Waals surface area contributed by atoms with Gasteiger partial charge in [0.15, 0.2) is 0 Å². The molecule has 0 aliphatic carbocycles. The lowest BCUT2D eigenvalue weighted by Gasteiger charge is -2.33. The van der Waals surface area contributed by atoms with Crippen LogP contribution in [0.5, 0.6) is 0 Å². The zero-order valence-corrected chi connectivity index (χ0v) is 19.4. The van der Waals surface area contributed by atoms with Crippen LogP contribution in [-0.4, -0.2) is 39.6 Å². The summed E-state index contributed by atoms with van der Waals surface area (Å²) in [6.07, 6.45) is 3.69. The van der Waals surface area contributed by atoms with Crippen LogP contribution < -0.4 is 5.32 Å². The minimum absolute atomic E-state index is 0.00563. The van der Waals surface area contributed by atoms with Crippen molar-refractivity contribution in [3.63, 3.8) is 0 Å². The molecule has 0 radical (unpaired) electrons. The highest BCUT2D eigenvalue weighted by Crippen LogP contribution is 2.23. The van der Waals surface area contributed by atoms with Crippen molar-refractivity contribution in [1.29, 1.82) is 0 Å². The highest BCUT2D eigenvalue weighted by molar-refractivity contribution is 5.82. The third-order valence-corrected chi connectivity index (χ3v) is 6.12. The van der Waals surface area contributed by atoms with Crippen LogP contribution in [0.2, 0.25) is 0 Å². The van der Waals surface area contributed by atoms with E-state index < -0.39 is 0 Å². The Hall–Kier alpha value is -3.41. The molecule has 1 aliphatic rings. The SMILES string of the molecule is CC(C)C(=O)N1CCCC(C(=O)NCc2cn(Cc3ccccc3)nc2-c2ccccc2)C1. The van der Waals surface area contributed by atoms with Crippen molar-refractivity contribution in [3.8, 4) is 11.3 Å². The largest absolute Gasteiger partial charge is 0.352 e. The third kappa shape index (κ3) is 5.69. The van der Waals surface area contributed by atoms with Gasteiger partial charge in [0.25, 0.3) is 0 Å². The molecule has 0 saturated carbocycles. The third-order valence-electron chi connectivity index (χ3n) is 6.12. The normalized spacial score (nSPS) is 16.1. The van der Waals surface area contributed by atoms with Crippen LogP contribution >= 0.6 is 0 Å². The molecule has 3 aromatic rings. The molecule has 172 valence electrons. The molecule has 1 N–H and O–H groups in total. The molecular formula is C27H32N4O2. The first-order valence-corrected chi connectivity index (χ1v) is 11.7. The van der Waals surface area contributed by atoms with Gasteiger partial charge in [-0.25, -0.2) is 0 Å². The first-order valence-electron chi connectivity index (χ1n) is 11.7. The number of hydrogen-bond donors (Lipinski definition) is 1. The van der Waals surface area contributed by atoms with E-state index in [0.29, 0.717) is 19.6 Å². The van der Waals surface area contributed by atoms with Crippen molar-refractivity contribution in [2.45, 2.75) is 39.8 Å². The lowest BCUT2D eigenvalue weighted by molar-refractivity contribution is -0.138. The topological polar surface area (TPSA) is 67.2 Å². The molecule has 1 aliphatic heterocycles. The Morgan fingerprint density at radius 2 is 1.76 bits per heavy atom. The minimum atomic E-state index is -0.166. The zero-order valence-electron chi connectivity index (χ0n) is 19.4. The smallest absolute Gasteiger partial charge is 0.225 e. The fraction of sp³-hybridized carbons (Fsp3) is 0.370. The van der Waals surface area contributed by atoms with Crippen LogP contribution in [0.15, 0.2) is 66.9 Å². The molecule has 0 spiro atoms. The summed E-state index contributed by atoms with van der Waals surface area (Å²) in [5, 5.41) is 7.95. The molecule has 2 aromatic carbocycles. The van der Waals surface area contributed by atoms with E-state index in [9.17, 15) is 9.59 Å². The maximum Gasteiger partial charge on any atom is 0.225 e. The summed E-state index contributed by atoms with van der Waals surface area (Å²) in [5.74, 6) is -0.0798. The Labute approximate surface area is 195 Å². The van der Waals surface area contributed by atoms with Gasteiger partial charge in [0.1, 0.15) is 0 Å². The van der Waals surface area contributed by atoms with Gasteiger partial charge in [0, 0.05) is 42.9 Å². The minimum Gasteiger partial charge on any atom is -0.352 e. The van der Waals surface area contributed by atoms with Crippen LogP contribution in [0.1, 0.15) is 37.8 Å². The Morgan fingerprint density at radius 3 is 2.45 bits per heavy atom. The van der Waals surface area contributed by atoms with Crippen LogP contribution in [0.25, 0.3) is 11.3 Å². The number of rotatable bonds is 7. The Balaban J connectivity index is 1.47. The lowest BCUT2D eigenvalue weighted by atomic mass is 9.96. The fourth-order valence-corrected chi connectivity index (χ4v) is 4.37. The highest BCUT2D eigenvalue weighted by atomic mass is 16.2. The summed E-state index contributed by atoms with van der Waals surface area (Å²) in [6, 6.07) is 20.3. The number of aromatic nitrogens is 2. The second kappa shape index (κ2) is 10.5. The summed E-state index contributed by atoms with van der Waals surface area (Å²) in [6.45, 7) is 6.14. The standard InChI is InChI=1S/C27H32N4O2/c1-20(2)27(33)30-15-9-14-23(18-30)26(32)28-16-24-19-31(17-21-10-5-3-6-11-21)29-25(24)22-12-7-4-8-13-22/h3-8,10-13,19-20,23H,9,14-18H2,1-2H3,(H,28,32). The maximum absolute atomic E-state index is 13.0. The highest BCUT2D eigenvalue weighted by Gasteiger charge is 2.29. The Bertz CT molecular complexity index is 1080. The van der Waals surface area contributed by atoms with Crippen molar-refractivity contribution in [2.24, 2.45) is 11.8 Å². The van der Waals surface area contributed by atoms with Crippen LogP contribution in [-0.2, 0) is 22.7 Å². The average molecular weight is 445 g/mol. The Morgan fingerprint density at radius 1 is 1.06 bits per heavy atom. The molecule has 6 heteroatoms. The number of hydrogen-bond acceptors (Lipinski definition) is 3. The summed E-state index contributed by atoms with van der Waals surface area (Å²) in [4.78, 5) is 27.2. The van der Waals surface area contributed by atoms with Gasteiger partial charge in [-0.1, -0.05) is 74.5 Å². The fourth-order valence-electron chi connectivity index (χ4n) is 4.37. The van der Waals surface area contributed by atoms with Gasteiger partial charge in [-0.15, -0.1) is 0 Å². The number of carbonyl (C=O) groups is 2. The van der Waals surface area contributed by atoms with Crippen molar-refractivity contribution in [3.05, 3.63) is 78.0 Å². The predicted octanol–water partition coefficient (Wildman–Crippen LogP) is 4.11. The molecule has 1 aromatic heterocycles. The summed E-state index contributed by atoms with van der Waals surface area (Å²) in [5.41, 5.74) is 4.07. The Kier molecular flexibility index (Phi) is 7.23. The van der Waals surface area contributed by atoms with Gasteiger partial charge < -0.3 is 10.2 Å². The van der Waals surface area contributed by atoms with E-state index in [1.807, 2.05) is 78.2 Å². The number of likely N-dealkylation sites (tertiary alicyclic amines) is 1. The monoisotopic (exact) mass is 444 g/mol. The molecular weight excluding hydrogens is 412 g/mol. The number of nitrogens with one attached hydrogen (secondary N) is 1. The molecule has 2 amide bonds. The van der Waals surface area contributed by atoms with E-state index in [0.717, 1.165) is 36.2 Å². The van der Waals surface area contributed by atoms with Gasteiger partial charge in [-0.3, -0.25) is 14.3 Å². The van der Waals surface area contributed by atoms with Crippen LogP contribution in [0.4, 0.5) is 0 Å². The van der Waals surface area contributed by atoms with Crippen molar-refractivity contribution in [2.75, 3.05) is 13.1 Å².